The van der Waals surface area contributed by atoms with Crippen molar-refractivity contribution in [1.29, 1.82) is 0 Å². The highest BCUT2D eigenvalue weighted by molar-refractivity contribution is 7.80. The molecule has 3 rings (SSSR count). The number of benzene rings is 2. The third kappa shape index (κ3) is 2.85. The summed E-state index contributed by atoms with van der Waals surface area (Å²) in [5, 5.41) is 3.47. The summed E-state index contributed by atoms with van der Waals surface area (Å²) in [6.07, 6.45) is 0. The van der Waals surface area contributed by atoms with Gasteiger partial charge in [-0.05, 0) is 24.3 Å². The molecule has 2 aromatic rings. The fraction of sp³-hybridized carbons (Fsp3) is 0. The van der Waals surface area contributed by atoms with Gasteiger partial charge in [0.15, 0.2) is 0 Å². The third-order valence-electron chi connectivity index (χ3n) is 2.79. The summed E-state index contributed by atoms with van der Waals surface area (Å²) >= 11 is 17.4. The Balaban J connectivity index is 1.98. The van der Waals surface area contributed by atoms with E-state index in [2.05, 4.69) is 26.7 Å². The highest BCUT2D eigenvalue weighted by Gasteiger charge is 2.20. The van der Waals surface area contributed by atoms with Crippen LogP contribution in [0, 0.1) is 0 Å². The van der Waals surface area contributed by atoms with Crippen molar-refractivity contribution in [1.82, 2.24) is 0 Å². The van der Waals surface area contributed by atoms with Gasteiger partial charge in [0, 0.05) is 10.5 Å². The molecule has 0 fully saturated rings. The summed E-state index contributed by atoms with van der Waals surface area (Å²) in [5.74, 6) is -0.301. The fourth-order valence-electron chi connectivity index (χ4n) is 1.83. The van der Waals surface area contributed by atoms with Gasteiger partial charge in [0.25, 0.3) is 5.91 Å². The molecule has 0 saturated carbocycles. The predicted molar refractivity (Wildman–Crippen MR) is 89.7 cm³/mol. The molecule has 1 heterocycles. The molecule has 106 valence electrons. The van der Waals surface area contributed by atoms with E-state index in [0.29, 0.717) is 37.6 Å². The second-order valence-corrected chi connectivity index (χ2v) is 6.04. The number of rotatable bonds is 2. The molecule has 1 amide bonds. The van der Waals surface area contributed by atoms with E-state index in [1.165, 1.54) is 6.07 Å². The lowest BCUT2D eigenvalue weighted by molar-refractivity contribution is 0.102. The van der Waals surface area contributed by atoms with Gasteiger partial charge < -0.3 is 5.32 Å². The normalized spacial score (nSPS) is 12.0. The maximum Gasteiger partial charge on any atom is 0.255 e. The molecule has 0 aromatic heterocycles. The highest BCUT2D eigenvalue weighted by atomic mass is 35.5. The Morgan fingerprint density at radius 1 is 1.14 bits per heavy atom. The van der Waals surface area contributed by atoms with Crippen molar-refractivity contribution in [3.8, 4) is 0 Å². The minimum absolute atomic E-state index is 0.301. The maximum atomic E-state index is 12.3. The van der Waals surface area contributed by atoms with Crippen molar-refractivity contribution >= 4 is 70.2 Å². The van der Waals surface area contributed by atoms with E-state index in [1.54, 1.807) is 24.3 Å². The van der Waals surface area contributed by atoms with Crippen LogP contribution in [-0.4, -0.2) is 5.91 Å². The quantitative estimate of drug-likeness (QED) is 0.605. The number of fused-ring (bicyclic) bond motifs is 1. The molecule has 21 heavy (non-hydrogen) atoms. The Labute approximate surface area is 139 Å². The lowest BCUT2D eigenvalue weighted by Crippen LogP contribution is -2.12. The molecule has 0 radical (unpaired) electrons. The van der Waals surface area contributed by atoms with Crippen LogP contribution in [0.3, 0.4) is 0 Å². The minimum atomic E-state index is -0.301. The van der Waals surface area contributed by atoms with Gasteiger partial charge in [-0.1, -0.05) is 29.3 Å². The zero-order valence-electron chi connectivity index (χ0n) is 10.3. The third-order valence-corrected chi connectivity index (χ3v) is 4.18. The number of hydrogen-bond donors (Lipinski definition) is 2. The molecule has 0 aliphatic carbocycles. The first-order chi connectivity index (χ1) is 10.1. The number of hydrogen-bond acceptors (Lipinski definition) is 4. The maximum absolute atomic E-state index is 12.3. The smallest absolute Gasteiger partial charge is 0.255 e. The lowest BCUT2D eigenvalue weighted by atomic mass is 10.2. The second kappa shape index (κ2) is 5.81. The molecule has 4 nitrogen and oxygen atoms in total. The Bertz CT molecular complexity index is 832. The monoisotopic (exact) mass is 355 g/mol. The van der Waals surface area contributed by atoms with Crippen LogP contribution in [0.2, 0.25) is 10.0 Å². The largest absolute Gasteiger partial charge is 0.319 e. The van der Waals surface area contributed by atoms with Gasteiger partial charge in [0.1, 0.15) is 11.4 Å². The van der Waals surface area contributed by atoms with E-state index in [1.807, 2.05) is 0 Å². The molecule has 0 unspecified atom stereocenters. The summed E-state index contributed by atoms with van der Waals surface area (Å²) in [4.78, 5) is 13.0. The average Bonchev–Trinajstić information content (AvgIpc) is 2.93. The van der Waals surface area contributed by atoms with Crippen LogP contribution in [-0.2, 0) is 11.4 Å². The zero-order valence-corrected chi connectivity index (χ0v) is 13.5. The van der Waals surface area contributed by atoms with Gasteiger partial charge in [0.2, 0.25) is 0 Å². The van der Waals surface area contributed by atoms with Crippen LogP contribution in [0.1, 0.15) is 10.4 Å². The first-order valence-electron chi connectivity index (χ1n) is 5.77. The number of amides is 1. The van der Waals surface area contributed by atoms with Crippen molar-refractivity contribution in [3.05, 3.63) is 45.9 Å². The molecule has 0 atom stereocenters. The second-order valence-electron chi connectivity index (χ2n) is 4.18. The Kier molecular flexibility index (Phi) is 4.03. The Hall–Kier alpha value is -1.34. The number of anilines is 1. The van der Waals surface area contributed by atoms with Crippen molar-refractivity contribution in [2.45, 2.75) is 4.90 Å². The highest BCUT2D eigenvalue weighted by Crippen LogP contribution is 2.47. The van der Waals surface area contributed by atoms with Gasteiger partial charge >= 0.3 is 0 Å². The molecule has 1 aliphatic rings. The summed E-state index contributed by atoms with van der Waals surface area (Å²) in [6.45, 7) is 0. The molecule has 2 aromatic carbocycles. The lowest BCUT2D eigenvalue weighted by Gasteiger charge is -2.11. The van der Waals surface area contributed by atoms with Crippen LogP contribution < -0.4 is 5.32 Å². The molecule has 0 bridgehead atoms. The van der Waals surface area contributed by atoms with Crippen molar-refractivity contribution < 1.29 is 4.79 Å². The van der Waals surface area contributed by atoms with Gasteiger partial charge in [-0.25, -0.2) is 0 Å². The molecule has 8 heteroatoms. The van der Waals surface area contributed by atoms with Gasteiger partial charge in [-0.2, -0.15) is 8.73 Å². The van der Waals surface area contributed by atoms with Gasteiger partial charge in [-0.15, -0.1) is 12.6 Å². The van der Waals surface area contributed by atoms with E-state index in [4.69, 9.17) is 23.2 Å². The Morgan fingerprint density at radius 2 is 1.90 bits per heavy atom. The number of carbonyl (C=O) groups is 1. The Morgan fingerprint density at radius 3 is 2.67 bits per heavy atom. The minimum Gasteiger partial charge on any atom is -0.319 e. The first kappa shape index (κ1) is 14.6. The average molecular weight is 356 g/mol. The summed E-state index contributed by atoms with van der Waals surface area (Å²) < 4.78 is 8.23. The molecular weight excluding hydrogens is 349 g/mol. The van der Waals surface area contributed by atoms with Gasteiger partial charge in [0.05, 0.1) is 27.1 Å². The van der Waals surface area contributed by atoms with E-state index >= 15 is 0 Å². The van der Waals surface area contributed by atoms with Crippen molar-refractivity contribution in [2.24, 2.45) is 8.73 Å². The van der Waals surface area contributed by atoms with Crippen LogP contribution in [0.5, 0.6) is 0 Å². The van der Waals surface area contributed by atoms with Crippen LogP contribution in [0.15, 0.2) is 44.0 Å². The van der Waals surface area contributed by atoms with Crippen LogP contribution in [0.4, 0.5) is 17.1 Å². The molecule has 1 aliphatic heterocycles. The van der Waals surface area contributed by atoms with Crippen molar-refractivity contribution in [2.75, 3.05) is 5.32 Å². The molecule has 1 N–H and O–H groups in total. The van der Waals surface area contributed by atoms with Crippen LogP contribution >= 0.6 is 35.8 Å². The first-order valence-corrected chi connectivity index (χ1v) is 7.70. The number of thiol groups is 1. The number of carbonyl (C=O) groups excluding carboxylic acids is 1. The van der Waals surface area contributed by atoms with Crippen LogP contribution in [0.25, 0.3) is 0 Å². The molecular formula is C13H7Cl2N3OS2. The van der Waals surface area contributed by atoms with E-state index in [0.717, 1.165) is 11.4 Å². The SMILES string of the molecule is O=C(Nc1c(Cl)cc(Cl)c2c1N=S=N2)c1cccc(S)c1. The molecule has 0 saturated heterocycles. The summed E-state index contributed by atoms with van der Waals surface area (Å²) in [7, 11) is 0. The fourth-order valence-corrected chi connectivity index (χ4v) is 3.21. The zero-order chi connectivity index (χ0) is 15.0. The summed E-state index contributed by atoms with van der Waals surface area (Å²) in [5.41, 5.74) is 1.88. The predicted octanol–water partition coefficient (Wildman–Crippen LogP) is 5.26. The number of nitrogens with zero attached hydrogens (tertiary/aromatic N) is 2. The standard InChI is InChI=1S/C13H7Cl2N3OS2/c14-8-5-9(15)11-12(18-21-17-11)10(8)16-13(19)6-2-1-3-7(20)4-6/h1-5,20H,(H,16,19). The van der Waals surface area contributed by atoms with Gasteiger partial charge in [-0.3, -0.25) is 4.79 Å². The van der Waals surface area contributed by atoms with E-state index in [9.17, 15) is 4.79 Å². The van der Waals surface area contributed by atoms with E-state index < -0.39 is 0 Å². The summed E-state index contributed by atoms with van der Waals surface area (Å²) in [6, 6.07) is 8.43. The topological polar surface area (TPSA) is 53.8 Å². The van der Waals surface area contributed by atoms with E-state index in [-0.39, 0.29) is 5.91 Å². The molecule has 0 spiro atoms. The number of nitrogens with one attached hydrogen (secondary N) is 1. The number of halogens is 2. The van der Waals surface area contributed by atoms with Crippen molar-refractivity contribution in [3.63, 3.8) is 0 Å².